The van der Waals surface area contributed by atoms with Crippen molar-refractivity contribution in [3.05, 3.63) is 35.9 Å². The van der Waals surface area contributed by atoms with E-state index < -0.39 is 6.04 Å². The highest BCUT2D eigenvalue weighted by atomic mass is 16.5. The van der Waals surface area contributed by atoms with Crippen molar-refractivity contribution in [1.29, 1.82) is 0 Å². The molecule has 2 amide bonds. The molecule has 0 radical (unpaired) electrons. The Balaban J connectivity index is 2.64. The fourth-order valence-corrected chi connectivity index (χ4v) is 2.24. The van der Waals surface area contributed by atoms with Gasteiger partial charge in [-0.3, -0.25) is 14.4 Å². The highest BCUT2D eigenvalue weighted by Gasteiger charge is 2.27. The maximum Gasteiger partial charge on any atom is 0.305 e. The van der Waals surface area contributed by atoms with Gasteiger partial charge in [0.25, 0.3) is 5.91 Å². The highest BCUT2D eigenvalue weighted by Crippen LogP contribution is 2.09. The van der Waals surface area contributed by atoms with E-state index in [9.17, 15) is 14.4 Å². The largest absolute Gasteiger partial charge is 0.469 e. The van der Waals surface area contributed by atoms with E-state index in [1.165, 1.54) is 7.11 Å². The third-order valence-electron chi connectivity index (χ3n) is 3.73. The molecule has 1 N–H and O–H groups in total. The third-order valence-corrected chi connectivity index (χ3v) is 3.73. The van der Waals surface area contributed by atoms with Crippen LogP contribution in [0.4, 0.5) is 0 Å². The lowest BCUT2D eigenvalue weighted by atomic mass is 10.0. The Kier molecular flexibility index (Phi) is 7.95. The van der Waals surface area contributed by atoms with E-state index in [0.29, 0.717) is 18.5 Å². The van der Waals surface area contributed by atoms with Crippen LogP contribution >= 0.6 is 0 Å². The van der Waals surface area contributed by atoms with Gasteiger partial charge in [-0.2, -0.15) is 0 Å². The number of hydrogen-bond donors (Lipinski definition) is 1. The summed E-state index contributed by atoms with van der Waals surface area (Å²) in [5.74, 6) is -0.786. The molecule has 1 aromatic carbocycles. The van der Waals surface area contributed by atoms with Crippen molar-refractivity contribution < 1.29 is 19.1 Å². The number of amides is 2. The van der Waals surface area contributed by atoms with E-state index in [4.69, 9.17) is 0 Å². The number of rotatable bonds is 8. The summed E-state index contributed by atoms with van der Waals surface area (Å²) in [4.78, 5) is 37.5. The zero-order chi connectivity index (χ0) is 18.1. The van der Waals surface area contributed by atoms with Gasteiger partial charge in [-0.15, -0.1) is 0 Å². The van der Waals surface area contributed by atoms with Crippen LogP contribution in [0.2, 0.25) is 0 Å². The number of nitrogens with one attached hydrogen (secondary N) is 1. The predicted octanol–water partition coefficient (Wildman–Crippen LogP) is 1.85. The van der Waals surface area contributed by atoms with E-state index in [1.807, 2.05) is 19.9 Å². The Morgan fingerprint density at radius 2 is 1.79 bits per heavy atom. The van der Waals surface area contributed by atoms with Gasteiger partial charge in [0.1, 0.15) is 6.04 Å². The van der Waals surface area contributed by atoms with E-state index >= 15 is 0 Å². The van der Waals surface area contributed by atoms with Crippen molar-refractivity contribution >= 4 is 17.8 Å². The summed E-state index contributed by atoms with van der Waals surface area (Å²) in [7, 11) is 3.01. The van der Waals surface area contributed by atoms with Crippen LogP contribution in [0.25, 0.3) is 0 Å². The van der Waals surface area contributed by atoms with Crippen LogP contribution in [-0.2, 0) is 14.3 Å². The van der Waals surface area contributed by atoms with Crippen LogP contribution in [0.3, 0.4) is 0 Å². The van der Waals surface area contributed by atoms with Crippen LogP contribution in [0.5, 0.6) is 0 Å². The number of carbonyl (C=O) groups is 3. The molecule has 0 aliphatic carbocycles. The van der Waals surface area contributed by atoms with Gasteiger partial charge < -0.3 is 15.0 Å². The van der Waals surface area contributed by atoms with Gasteiger partial charge in [0.2, 0.25) is 5.91 Å². The predicted molar refractivity (Wildman–Crippen MR) is 91.4 cm³/mol. The van der Waals surface area contributed by atoms with Crippen LogP contribution in [0.1, 0.15) is 37.0 Å². The summed E-state index contributed by atoms with van der Waals surface area (Å²) >= 11 is 0. The number of methoxy groups -OCH3 is 1. The normalized spacial score (nSPS) is 11.7. The average Bonchev–Trinajstić information content (AvgIpc) is 2.58. The summed E-state index contributed by atoms with van der Waals surface area (Å²) in [5, 5.41) is 2.80. The summed E-state index contributed by atoms with van der Waals surface area (Å²) in [6.07, 6.45) is 0.781. The molecule has 1 unspecified atom stereocenters. The molecule has 0 aliphatic heterocycles. The number of nitrogens with zero attached hydrogens (tertiary/aromatic N) is 1. The molecule has 0 aliphatic rings. The maximum atomic E-state index is 12.6. The van der Waals surface area contributed by atoms with E-state index in [2.05, 4.69) is 10.1 Å². The van der Waals surface area contributed by atoms with Crippen molar-refractivity contribution in [2.24, 2.45) is 5.92 Å². The van der Waals surface area contributed by atoms with Crippen LogP contribution in [0, 0.1) is 5.92 Å². The number of likely N-dealkylation sites (N-methyl/N-ethyl adjacent to an activating group) is 1. The molecular weight excluding hydrogens is 308 g/mol. The molecule has 0 bridgehead atoms. The second-order valence-electron chi connectivity index (χ2n) is 6.00. The first-order valence-corrected chi connectivity index (χ1v) is 8.04. The van der Waals surface area contributed by atoms with Gasteiger partial charge in [-0.1, -0.05) is 32.0 Å². The molecule has 24 heavy (non-hydrogen) atoms. The van der Waals surface area contributed by atoms with Crippen LogP contribution < -0.4 is 5.32 Å². The fraction of sp³-hybridized carbons (Fsp3) is 0.500. The zero-order valence-corrected chi connectivity index (χ0v) is 14.7. The molecule has 0 spiro atoms. The van der Waals surface area contributed by atoms with E-state index in [-0.39, 0.29) is 30.1 Å². The van der Waals surface area contributed by atoms with Crippen LogP contribution in [0.15, 0.2) is 30.3 Å². The molecular formula is C18H26N2O4. The second kappa shape index (κ2) is 9.70. The van der Waals surface area contributed by atoms with Gasteiger partial charge in [0, 0.05) is 25.6 Å². The Labute approximate surface area is 143 Å². The molecule has 6 nitrogen and oxygen atoms in total. The minimum Gasteiger partial charge on any atom is -0.469 e. The Bertz CT molecular complexity index is 557. The van der Waals surface area contributed by atoms with Crippen molar-refractivity contribution in [2.75, 3.05) is 20.7 Å². The standard InChI is InChI=1S/C18H26N2O4/c1-13(2)16(19-17(22)14-9-6-5-7-10-14)18(23)20(3)12-8-11-15(21)24-4/h5-7,9-10,13,16H,8,11-12H2,1-4H3,(H,19,22). The molecule has 0 saturated carbocycles. The van der Waals surface area contributed by atoms with Crippen molar-refractivity contribution in [3.8, 4) is 0 Å². The molecule has 0 heterocycles. The Morgan fingerprint density at radius 3 is 2.33 bits per heavy atom. The topological polar surface area (TPSA) is 75.7 Å². The number of benzene rings is 1. The smallest absolute Gasteiger partial charge is 0.305 e. The van der Waals surface area contributed by atoms with Gasteiger partial charge in [0.05, 0.1) is 7.11 Å². The monoisotopic (exact) mass is 334 g/mol. The average molecular weight is 334 g/mol. The van der Waals surface area contributed by atoms with Gasteiger partial charge in [-0.25, -0.2) is 0 Å². The van der Waals surface area contributed by atoms with Crippen molar-refractivity contribution in [1.82, 2.24) is 10.2 Å². The van der Waals surface area contributed by atoms with Crippen LogP contribution in [-0.4, -0.2) is 49.4 Å². The fourth-order valence-electron chi connectivity index (χ4n) is 2.24. The Morgan fingerprint density at radius 1 is 1.17 bits per heavy atom. The lowest BCUT2D eigenvalue weighted by molar-refractivity contribution is -0.141. The molecule has 0 fully saturated rings. The molecule has 1 rings (SSSR count). The first-order valence-electron chi connectivity index (χ1n) is 8.04. The van der Waals surface area contributed by atoms with E-state index in [0.717, 1.165) is 0 Å². The van der Waals surface area contributed by atoms with Crippen molar-refractivity contribution in [2.45, 2.75) is 32.7 Å². The lowest BCUT2D eigenvalue weighted by Gasteiger charge is -2.27. The molecule has 1 atom stereocenters. The van der Waals surface area contributed by atoms with Gasteiger partial charge in [0.15, 0.2) is 0 Å². The Hall–Kier alpha value is -2.37. The molecule has 1 aromatic rings. The lowest BCUT2D eigenvalue weighted by Crippen LogP contribution is -2.50. The minimum absolute atomic E-state index is 0.0479. The summed E-state index contributed by atoms with van der Waals surface area (Å²) in [6, 6.07) is 8.19. The number of carbonyl (C=O) groups excluding carboxylic acids is 3. The first kappa shape index (κ1) is 19.7. The second-order valence-corrected chi connectivity index (χ2v) is 6.00. The first-order chi connectivity index (χ1) is 11.4. The summed E-state index contributed by atoms with van der Waals surface area (Å²) in [5.41, 5.74) is 0.518. The van der Waals surface area contributed by atoms with E-state index in [1.54, 1.807) is 36.2 Å². The molecule has 0 saturated heterocycles. The zero-order valence-electron chi connectivity index (χ0n) is 14.7. The third kappa shape index (κ3) is 6.02. The van der Waals surface area contributed by atoms with Gasteiger partial charge >= 0.3 is 5.97 Å². The number of esters is 1. The minimum atomic E-state index is -0.610. The highest BCUT2D eigenvalue weighted by molar-refractivity contribution is 5.97. The quantitative estimate of drug-likeness (QED) is 0.736. The molecule has 132 valence electrons. The molecule has 6 heteroatoms. The maximum absolute atomic E-state index is 12.6. The summed E-state index contributed by atoms with van der Waals surface area (Å²) in [6.45, 7) is 4.20. The summed E-state index contributed by atoms with van der Waals surface area (Å²) < 4.78 is 4.58. The number of ether oxygens (including phenoxy) is 1. The molecule has 0 aromatic heterocycles. The van der Waals surface area contributed by atoms with Gasteiger partial charge in [-0.05, 0) is 24.5 Å². The number of hydrogen-bond acceptors (Lipinski definition) is 4. The SMILES string of the molecule is COC(=O)CCCN(C)C(=O)C(NC(=O)c1ccccc1)C(C)C. The van der Waals surface area contributed by atoms with Crippen molar-refractivity contribution in [3.63, 3.8) is 0 Å².